The molecule has 1 aliphatic heterocycles. The van der Waals surface area contributed by atoms with E-state index in [4.69, 9.17) is 4.74 Å². The maximum Gasteiger partial charge on any atom is 0.252 e. The molecule has 1 aliphatic rings. The number of nitrogens with zero attached hydrogens (tertiary/aromatic N) is 2. The minimum absolute atomic E-state index is 0.0300. The van der Waals surface area contributed by atoms with Crippen LogP contribution >= 0.6 is 0 Å². The summed E-state index contributed by atoms with van der Waals surface area (Å²) in [4.78, 5) is 21.0. The van der Waals surface area contributed by atoms with Gasteiger partial charge in [0.1, 0.15) is 6.10 Å². The fourth-order valence-corrected chi connectivity index (χ4v) is 3.96. The Morgan fingerprint density at radius 1 is 1.15 bits per heavy atom. The summed E-state index contributed by atoms with van der Waals surface area (Å²) in [6, 6.07) is 16.3. The summed E-state index contributed by atoms with van der Waals surface area (Å²) in [5, 5.41) is 9.92. The molecule has 3 heterocycles. The molecule has 3 atom stereocenters. The van der Waals surface area contributed by atoms with Crippen molar-refractivity contribution in [2.45, 2.75) is 38.8 Å². The number of nitrogens with one attached hydrogen (secondary N) is 3. The smallest absolute Gasteiger partial charge is 0.252 e. The number of hydrogen-bond acceptors (Lipinski definition) is 6. The fraction of sp³-hybridized carbons (Fsp3) is 0.346. The van der Waals surface area contributed by atoms with Gasteiger partial charge in [0, 0.05) is 31.2 Å². The van der Waals surface area contributed by atoms with Crippen molar-refractivity contribution in [3.63, 3.8) is 0 Å². The highest BCUT2D eigenvalue weighted by Gasteiger charge is 2.30. The molecule has 33 heavy (non-hydrogen) atoms. The molecule has 3 N–H and O–H groups in total. The van der Waals surface area contributed by atoms with E-state index in [0.717, 1.165) is 23.5 Å². The summed E-state index contributed by atoms with van der Waals surface area (Å²) in [6.45, 7) is 8.03. The van der Waals surface area contributed by atoms with E-state index < -0.39 is 0 Å². The number of hydrogen-bond donors (Lipinski definition) is 3. The lowest BCUT2D eigenvalue weighted by Gasteiger charge is -2.34. The van der Waals surface area contributed by atoms with Crippen molar-refractivity contribution in [3.8, 4) is 5.88 Å². The van der Waals surface area contributed by atoms with E-state index in [-0.39, 0.29) is 18.1 Å². The van der Waals surface area contributed by atoms with Crippen LogP contribution < -0.4 is 20.7 Å². The van der Waals surface area contributed by atoms with Gasteiger partial charge in [-0.2, -0.15) is 0 Å². The Labute approximate surface area is 195 Å². The fourth-order valence-electron chi connectivity index (χ4n) is 3.96. The van der Waals surface area contributed by atoms with Gasteiger partial charge in [-0.15, -0.1) is 0 Å². The van der Waals surface area contributed by atoms with E-state index in [1.807, 2.05) is 44.3 Å². The quantitative estimate of drug-likeness (QED) is 0.488. The van der Waals surface area contributed by atoms with Gasteiger partial charge in [-0.05, 0) is 43.0 Å². The summed E-state index contributed by atoms with van der Waals surface area (Å²) in [6.07, 6.45) is 3.35. The highest BCUT2D eigenvalue weighted by Crippen LogP contribution is 2.32. The Bertz CT molecular complexity index is 1070. The van der Waals surface area contributed by atoms with Crippen molar-refractivity contribution in [3.05, 3.63) is 83.3 Å². The van der Waals surface area contributed by atoms with Crippen molar-refractivity contribution >= 4 is 11.6 Å². The lowest BCUT2D eigenvalue weighted by atomic mass is 9.97. The molecule has 0 aliphatic carbocycles. The van der Waals surface area contributed by atoms with Crippen molar-refractivity contribution < 1.29 is 9.53 Å². The normalized spacial score (nSPS) is 16.6. The summed E-state index contributed by atoms with van der Waals surface area (Å²) in [5.41, 5.74) is 4.63. The topological polar surface area (TPSA) is 88.2 Å². The van der Waals surface area contributed by atoms with E-state index in [2.05, 4.69) is 51.0 Å². The number of aryl methyl sites for hydroxylation is 1. The molecule has 1 amide bonds. The molecule has 3 aromatic rings. The third kappa shape index (κ3) is 5.49. The molecule has 0 radical (unpaired) electrons. The van der Waals surface area contributed by atoms with E-state index in [0.29, 0.717) is 30.5 Å². The van der Waals surface area contributed by atoms with Crippen LogP contribution in [0.15, 0.2) is 60.9 Å². The molecule has 0 unspecified atom stereocenters. The second-order valence-electron chi connectivity index (χ2n) is 8.40. The first-order valence-corrected chi connectivity index (χ1v) is 11.4. The van der Waals surface area contributed by atoms with E-state index in [1.165, 1.54) is 5.56 Å². The van der Waals surface area contributed by atoms with Gasteiger partial charge >= 0.3 is 0 Å². The number of carbonyl (C=O) groups is 1. The zero-order valence-electron chi connectivity index (χ0n) is 19.3. The Kier molecular flexibility index (Phi) is 7.19. The van der Waals surface area contributed by atoms with E-state index in [1.54, 1.807) is 12.3 Å². The summed E-state index contributed by atoms with van der Waals surface area (Å²) in [5.74, 6) is 0.670. The standard InChI is InChI=1S/C26H31N5O2/c1-4-27-25(32)21-12-22-26(31-15-21)33-23(16-29-22)24(19-8-6-5-7-9-19)30-13-17(2)20-11-10-18(3)28-14-20/h5-12,14-15,17,23-24,29-30H,4,13,16H2,1-3H3,(H,27,32)/t17-,23-,24+/m0/s1. The van der Waals surface area contributed by atoms with Crippen LogP contribution in [0.3, 0.4) is 0 Å². The van der Waals surface area contributed by atoms with Crippen molar-refractivity contribution in [1.82, 2.24) is 20.6 Å². The number of rotatable bonds is 8. The number of anilines is 1. The number of aromatic nitrogens is 2. The molecule has 0 spiro atoms. The molecule has 0 fully saturated rings. The molecule has 1 aromatic carbocycles. The minimum Gasteiger partial charge on any atom is -0.469 e. The molecule has 172 valence electrons. The van der Waals surface area contributed by atoms with Crippen molar-refractivity contribution in [1.29, 1.82) is 0 Å². The number of carbonyl (C=O) groups excluding carboxylic acids is 1. The van der Waals surface area contributed by atoms with Crippen LogP contribution in [0.2, 0.25) is 0 Å². The van der Waals surface area contributed by atoms with Gasteiger partial charge in [0.15, 0.2) is 0 Å². The second kappa shape index (κ2) is 10.4. The summed E-state index contributed by atoms with van der Waals surface area (Å²) >= 11 is 0. The highest BCUT2D eigenvalue weighted by atomic mass is 16.5. The zero-order chi connectivity index (χ0) is 23.2. The van der Waals surface area contributed by atoms with Gasteiger partial charge < -0.3 is 20.7 Å². The number of pyridine rings is 2. The monoisotopic (exact) mass is 445 g/mol. The predicted octanol–water partition coefficient (Wildman–Crippen LogP) is 3.84. The maximum atomic E-state index is 12.1. The Morgan fingerprint density at radius 2 is 1.97 bits per heavy atom. The molecule has 0 saturated heterocycles. The van der Waals surface area contributed by atoms with Gasteiger partial charge in [0.05, 0.1) is 23.8 Å². The van der Waals surface area contributed by atoms with Gasteiger partial charge in [-0.25, -0.2) is 4.98 Å². The predicted molar refractivity (Wildman–Crippen MR) is 130 cm³/mol. The minimum atomic E-state index is -0.161. The first kappa shape index (κ1) is 22.7. The lowest BCUT2D eigenvalue weighted by Crippen LogP contribution is -2.43. The van der Waals surface area contributed by atoms with E-state index in [9.17, 15) is 4.79 Å². The SMILES string of the molecule is CCNC(=O)c1cnc2c(c1)NC[C@@H]([C@H](NC[C@H](C)c1ccc(C)nc1)c1ccccc1)O2. The van der Waals surface area contributed by atoms with Crippen molar-refractivity contribution in [2.75, 3.05) is 25.0 Å². The van der Waals surface area contributed by atoms with Crippen LogP contribution in [-0.2, 0) is 0 Å². The molecule has 0 bridgehead atoms. The molecule has 7 nitrogen and oxygen atoms in total. The Morgan fingerprint density at radius 3 is 2.70 bits per heavy atom. The van der Waals surface area contributed by atoms with Crippen LogP contribution in [0.4, 0.5) is 5.69 Å². The van der Waals surface area contributed by atoms with Gasteiger partial charge in [-0.1, -0.05) is 43.3 Å². The first-order chi connectivity index (χ1) is 16.0. The molecule has 0 saturated carbocycles. The number of benzene rings is 1. The Hall–Kier alpha value is -3.45. The second-order valence-corrected chi connectivity index (χ2v) is 8.40. The zero-order valence-corrected chi connectivity index (χ0v) is 19.3. The van der Waals surface area contributed by atoms with Crippen LogP contribution in [0, 0.1) is 6.92 Å². The Balaban J connectivity index is 1.50. The molecular formula is C26H31N5O2. The lowest BCUT2D eigenvalue weighted by molar-refractivity contribution is 0.0955. The highest BCUT2D eigenvalue weighted by molar-refractivity contribution is 5.95. The third-order valence-corrected chi connectivity index (χ3v) is 5.89. The van der Waals surface area contributed by atoms with Crippen molar-refractivity contribution in [2.24, 2.45) is 0 Å². The maximum absolute atomic E-state index is 12.1. The van der Waals surface area contributed by atoms with Gasteiger partial charge in [-0.3, -0.25) is 9.78 Å². The van der Waals surface area contributed by atoms with Crippen LogP contribution in [0.25, 0.3) is 0 Å². The van der Waals surface area contributed by atoms with Gasteiger partial charge in [0.25, 0.3) is 5.91 Å². The van der Waals surface area contributed by atoms with Crippen LogP contribution in [-0.4, -0.2) is 41.6 Å². The third-order valence-electron chi connectivity index (χ3n) is 5.89. The largest absolute Gasteiger partial charge is 0.469 e. The average molecular weight is 446 g/mol. The van der Waals surface area contributed by atoms with Gasteiger partial charge in [0.2, 0.25) is 5.88 Å². The molecule has 7 heteroatoms. The first-order valence-electron chi connectivity index (χ1n) is 11.4. The molecule has 4 rings (SSSR count). The average Bonchev–Trinajstić information content (AvgIpc) is 2.85. The number of ether oxygens (including phenoxy) is 1. The number of fused-ring (bicyclic) bond motifs is 1. The molecule has 2 aromatic heterocycles. The van der Waals surface area contributed by atoms with Crippen LogP contribution in [0.1, 0.15) is 53.0 Å². The summed E-state index contributed by atoms with van der Waals surface area (Å²) in [7, 11) is 0. The van der Waals surface area contributed by atoms with Crippen LogP contribution in [0.5, 0.6) is 5.88 Å². The molecular weight excluding hydrogens is 414 g/mol. The summed E-state index contributed by atoms with van der Waals surface area (Å²) < 4.78 is 6.32. The van der Waals surface area contributed by atoms with E-state index >= 15 is 0 Å². The number of amides is 1.